The van der Waals surface area contributed by atoms with Gasteiger partial charge in [0.1, 0.15) is 5.75 Å². The number of aryl methyl sites for hydroxylation is 1. The van der Waals surface area contributed by atoms with Gasteiger partial charge in [-0.25, -0.2) is 4.79 Å². The van der Waals surface area contributed by atoms with Gasteiger partial charge >= 0.3 is 5.97 Å². The Labute approximate surface area is 237 Å². The van der Waals surface area contributed by atoms with Crippen LogP contribution in [0.4, 0.5) is 0 Å². The molecule has 2 aliphatic carbocycles. The monoisotopic (exact) mass is 545 g/mol. The Morgan fingerprint density at radius 3 is 2.35 bits per heavy atom. The highest BCUT2D eigenvalue weighted by atomic mass is 16.5. The number of likely N-dealkylation sites (tertiary alicyclic amines) is 1. The fraction of sp³-hybridized carbons (Fsp3) is 0.606. The molecule has 1 aromatic heterocycles. The Kier molecular flexibility index (Phi) is 7.84. The van der Waals surface area contributed by atoms with E-state index in [-0.39, 0.29) is 17.5 Å². The predicted molar refractivity (Wildman–Crippen MR) is 154 cm³/mol. The lowest BCUT2D eigenvalue weighted by Crippen LogP contribution is -2.50. The molecule has 3 heterocycles. The fourth-order valence-electron chi connectivity index (χ4n) is 6.94. The van der Waals surface area contributed by atoms with Gasteiger partial charge in [-0.3, -0.25) is 14.7 Å². The largest absolute Gasteiger partial charge is 0.494 e. The van der Waals surface area contributed by atoms with Gasteiger partial charge in [0, 0.05) is 44.2 Å². The van der Waals surface area contributed by atoms with Crippen molar-refractivity contribution in [2.75, 3.05) is 26.2 Å². The molecule has 0 spiro atoms. The molecule has 40 heavy (non-hydrogen) atoms. The second-order valence-corrected chi connectivity index (χ2v) is 12.2. The summed E-state index contributed by atoms with van der Waals surface area (Å²) in [5.74, 6) is 1.44. The zero-order valence-corrected chi connectivity index (χ0v) is 24.1. The average molecular weight is 546 g/mol. The van der Waals surface area contributed by atoms with E-state index in [2.05, 4.69) is 28.9 Å². The van der Waals surface area contributed by atoms with Crippen LogP contribution in [-0.4, -0.2) is 64.0 Å². The first kappa shape index (κ1) is 27.3. The minimum atomic E-state index is -1.01. The number of pyridine rings is 1. The smallest absolute Gasteiger partial charge is 0.337 e. The number of carbonyl (C=O) groups excluding carboxylic acids is 1. The van der Waals surface area contributed by atoms with Crippen molar-refractivity contribution in [3.8, 4) is 5.75 Å². The maximum absolute atomic E-state index is 13.5. The number of amides is 1. The zero-order chi connectivity index (χ0) is 27.8. The first-order valence-corrected chi connectivity index (χ1v) is 15.6. The standard InChI is InChI=1S/C33H43N3O4/c1-3-6-29-28(33(38)39)18-27-30(34-29)13-16-36(32(27)37)24-11-14-35(15-12-24)20-23-17-25(22-9-10-22)26(21-7-5-8-21)19-31(23)40-4-2/h17-19,21-22,24H,3-16,20H2,1-2H3,(H,38,39). The van der Waals surface area contributed by atoms with Gasteiger partial charge in [-0.15, -0.1) is 0 Å². The van der Waals surface area contributed by atoms with Gasteiger partial charge in [-0.1, -0.05) is 25.8 Å². The average Bonchev–Trinajstić information content (AvgIpc) is 3.75. The molecule has 1 amide bonds. The quantitative estimate of drug-likeness (QED) is 0.398. The minimum absolute atomic E-state index is 0.0583. The third kappa shape index (κ3) is 5.37. The molecule has 1 saturated heterocycles. The van der Waals surface area contributed by atoms with Crippen LogP contribution in [0.5, 0.6) is 5.75 Å². The molecular weight excluding hydrogens is 502 g/mol. The van der Waals surface area contributed by atoms with Crippen LogP contribution in [0.15, 0.2) is 18.2 Å². The summed E-state index contributed by atoms with van der Waals surface area (Å²) >= 11 is 0. The van der Waals surface area contributed by atoms with E-state index >= 15 is 0 Å². The van der Waals surface area contributed by atoms with Crippen molar-refractivity contribution < 1.29 is 19.4 Å². The Bertz CT molecular complexity index is 1270. The molecule has 3 fully saturated rings. The number of carboxylic acids is 1. The summed E-state index contributed by atoms with van der Waals surface area (Å²) in [5.41, 5.74) is 6.44. The van der Waals surface area contributed by atoms with Crippen molar-refractivity contribution in [3.05, 3.63) is 57.4 Å². The number of rotatable bonds is 10. The number of hydrogen-bond donors (Lipinski definition) is 1. The topological polar surface area (TPSA) is 83.0 Å². The SMILES string of the molecule is CCCc1nc2c(cc1C(=O)O)C(=O)N(C1CCN(Cc3cc(C4CC4)c(C4CCC4)cc3OCC)CC1)CC2. The summed E-state index contributed by atoms with van der Waals surface area (Å²) < 4.78 is 6.18. The van der Waals surface area contributed by atoms with E-state index in [1.165, 1.54) is 37.7 Å². The van der Waals surface area contributed by atoms with Crippen LogP contribution >= 0.6 is 0 Å². The van der Waals surface area contributed by atoms with Crippen molar-refractivity contribution in [1.29, 1.82) is 0 Å². The molecule has 0 unspecified atom stereocenters. The van der Waals surface area contributed by atoms with Gasteiger partial charge in [0.2, 0.25) is 0 Å². The van der Waals surface area contributed by atoms with E-state index < -0.39 is 5.97 Å². The summed E-state index contributed by atoms with van der Waals surface area (Å²) in [5, 5.41) is 9.73. The lowest BCUT2D eigenvalue weighted by atomic mass is 9.77. The molecule has 7 nitrogen and oxygen atoms in total. The van der Waals surface area contributed by atoms with E-state index in [0.717, 1.165) is 56.3 Å². The number of benzene rings is 1. The van der Waals surface area contributed by atoms with Gasteiger partial charge in [-0.05, 0) is 87.0 Å². The number of fused-ring (bicyclic) bond motifs is 1. The third-order valence-electron chi connectivity index (χ3n) is 9.50. The number of nitrogens with zero attached hydrogens (tertiary/aromatic N) is 3. The molecule has 2 aromatic rings. The van der Waals surface area contributed by atoms with Gasteiger partial charge in [0.15, 0.2) is 0 Å². The summed E-state index contributed by atoms with van der Waals surface area (Å²) in [7, 11) is 0. The number of aromatic carboxylic acids is 1. The van der Waals surface area contributed by atoms with Crippen molar-refractivity contribution in [1.82, 2.24) is 14.8 Å². The summed E-state index contributed by atoms with van der Waals surface area (Å²) in [4.78, 5) is 34.5. The van der Waals surface area contributed by atoms with Crippen molar-refractivity contribution in [3.63, 3.8) is 0 Å². The van der Waals surface area contributed by atoms with Crippen molar-refractivity contribution >= 4 is 11.9 Å². The predicted octanol–water partition coefficient (Wildman–Crippen LogP) is 5.94. The second-order valence-electron chi connectivity index (χ2n) is 12.2. The Morgan fingerprint density at radius 2 is 1.73 bits per heavy atom. The first-order chi connectivity index (χ1) is 19.5. The van der Waals surface area contributed by atoms with Crippen LogP contribution in [0.2, 0.25) is 0 Å². The van der Waals surface area contributed by atoms with Gasteiger partial charge in [0.25, 0.3) is 5.91 Å². The molecule has 0 bridgehead atoms. The molecule has 6 rings (SSSR count). The summed E-state index contributed by atoms with van der Waals surface area (Å²) in [6.45, 7) is 8.17. The lowest BCUT2D eigenvalue weighted by Gasteiger charge is -2.40. The third-order valence-corrected chi connectivity index (χ3v) is 9.50. The summed E-state index contributed by atoms with van der Waals surface area (Å²) in [6.07, 6.45) is 10.6. The van der Waals surface area contributed by atoms with Gasteiger partial charge in [0.05, 0.1) is 29.1 Å². The van der Waals surface area contributed by atoms with E-state index in [0.29, 0.717) is 43.2 Å². The van der Waals surface area contributed by atoms with E-state index in [1.54, 1.807) is 17.2 Å². The lowest BCUT2D eigenvalue weighted by molar-refractivity contribution is 0.0543. The van der Waals surface area contributed by atoms with Crippen LogP contribution in [-0.2, 0) is 19.4 Å². The van der Waals surface area contributed by atoms with Gasteiger partial charge < -0.3 is 14.7 Å². The Balaban J connectivity index is 1.14. The summed E-state index contributed by atoms with van der Waals surface area (Å²) in [6, 6.07) is 6.60. The molecule has 1 N–H and O–H groups in total. The zero-order valence-electron chi connectivity index (χ0n) is 24.1. The molecule has 214 valence electrons. The molecule has 0 radical (unpaired) electrons. The van der Waals surface area contributed by atoms with E-state index in [4.69, 9.17) is 4.74 Å². The second kappa shape index (κ2) is 11.5. The number of carbonyl (C=O) groups is 2. The normalized spacial score (nSPS) is 20.4. The van der Waals surface area contributed by atoms with Crippen LogP contribution in [0, 0.1) is 0 Å². The fourth-order valence-corrected chi connectivity index (χ4v) is 6.94. The highest BCUT2D eigenvalue weighted by Gasteiger charge is 2.35. The molecular formula is C33H43N3O4. The number of piperidine rings is 1. The van der Waals surface area contributed by atoms with E-state index in [1.807, 2.05) is 11.8 Å². The molecule has 2 aliphatic heterocycles. The highest BCUT2D eigenvalue weighted by Crippen LogP contribution is 2.49. The number of hydrogen-bond acceptors (Lipinski definition) is 5. The molecule has 4 aliphatic rings. The van der Waals surface area contributed by atoms with Crippen molar-refractivity contribution in [2.24, 2.45) is 0 Å². The van der Waals surface area contributed by atoms with E-state index in [9.17, 15) is 14.7 Å². The van der Waals surface area contributed by atoms with Crippen LogP contribution in [0.25, 0.3) is 0 Å². The van der Waals surface area contributed by atoms with Crippen LogP contribution in [0.3, 0.4) is 0 Å². The van der Waals surface area contributed by atoms with Crippen molar-refractivity contribution in [2.45, 2.75) is 102 Å². The Hall–Kier alpha value is -2.93. The van der Waals surface area contributed by atoms with Crippen LogP contribution in [0.1, 0.15) is 126 Å². The molecule has 1 aromatic carbocycles. The maximum atomic E-state index is 13.5. The number of carboxylic acid groups (broad SMARTS) is 1. The molecule has 0 atom stereocenters. The first-order valence-electron chi connectivity index (χ1n) is 15.6. The highest BCUT2D eigenvalue weighted by molar-refractivity contribution is 5.99. The number of ether oxygens (including phenoxy) is 1. The van der Waals surface area contributed by atoms with Crippen LogP contribution < -0.4 is 4.74 Å². The number of aromatic nitrogens is 1. The maximum Gasteiger partial charge on any atom is 0.337 e. The minimum Gasteiger partial charge on any atom is -0.494 e. The molecule has 7 heteroatoms. The Morgan fingerprint density at radius 1 is 1.00 bits per heavy atom. The molecule has 2 saturated carbocycles. The van der Waals surface area contributed by atoms with Gasteiger partial charge in [-0.2, -0.15) is 0 Å².